The largest absolute Gasteiger partial charge is 0.352 e. The van der Waals surface area contributed by atoms with Crippen molar-refractivity contribution in [2.45, 2.75) is 64.1 Å². The number of carbonyl (C=O) groups is 2. The molecule has 0 saturated heterocycles. The van der Waals surface area contributed by atoms with Crippen LogP contribution in [0.2, 0.25) is 10.0 Å². The molecular formula is C26H32Cl2IN3O4S. The molecule has 0 aromatic heterocycles. The van der Waals surface area contributed by atoms with Crippen molar-refractivity contribution in [3.8, 4) is 0 Å². The molecule has 1 N–H and O–H groups in total. The second kappa shape index (κ2) is 13.5. The Labute approximate surface area is 243 Å². The third kappa shape index (κ3) is 8.46. The van der Waals surface area contributed by atoms with Gasteiger partial charge in [-0.2, -0.15) is 0 Å². The zero-order valence-electron chi connectivity index (χ0n) is 20.9. The maximum Gasteiger partial charge on any atom is 0.244 e. The van der Waals surface area contributed by atoms with Crippen LogP contribution in [0.1, 0.15) is 51.0 Å². The Morgan fingerprint density at radius 1 is 1.08 bits per heavy atom. The number of nitrogens with zero attached hydrogens (tertiary/aromatic N) is 2. The minimum atomic E-state index is -3.78. The van der Waals surface area contributed by atoms with E-state index in [1.165, 1.54) is 4.90 Å². The van der Waals surface area contributed by atoms with Crippen LogP contribution in [0.5, 0.6) is 0 Å². The highest BCUT2D eigenvalue weighted by Crippen LogP contribution is 2.26. The van der Waals surface area contributed by atoms with Crippen LogP contribution in [-0.4, -0.2) is 50.0 Å². The summed E-state index contributed by atoms with van der Waals surface area (Å²) in [5, 5.41) is 3.94. The number of hydrogen-bond donors (Lipinski definition) is 1. The highest BCUT2D eigenvalue weighted by Gasteiger charge is 2.33. The quantitative estimate of drug-likeness (QED) is 0.331. The number of sulfonamides is 1. The number of benzene rings is 2. The number of nitrogens with one attached hydrogen (secondary N) is 1. The molecule has 0 bridgehead atoms. The lowest BCUT2D eigenvalue weighted by Crippen LogP contribution is -2.54. The van der Waals surface area contributed by atoms with Crippen molar-refractivity contribution in [1.82, 2.24) is 10.2 Å². The fourth-order valence-electron chi connectivity index (χ4n) is 4.52. The van der Waals surface area contributed by atoms with Crippen LogP contribution in [0, 0.1) is 3.57 Å². The predicted octanol–water partition coefficient (Wildman–Crippen LogP) is 5.62. The highest BCUT2D eigenvalue weighted by atomic mass is 127. The summed E-state index contributed by atoms with van der Waals surface area (Å²) in [7, 11) is -3.78. The third-order valence-corrected chi connectivity index (χ3v) is 8.93. The summed E-state index contributed by atoms with van der Waals surface area (Å²) in [6.07, 6.45) is 6.52. The fourth-order valence-corrected chi connectivity index (χ4v) is 6.20. The van der Waals surface area contributed by atoms with Crippen LogP contribution in [0.25, 0.3) is 0 Å². The zero-order chi connectivity index (χ0) is 27.2. The minimum absolute atomic E-state index is 0.0374. The fraction of sp³-hybridized carbons (Fsp3) is 0.462. The van der Waals surface area contributed by atoms with E-state index >= 15 is 0 Å². The molecule has 3 rings (SSSR count). The summed E-state index contributed by atoms with van der Waals surface area (Å²) < 4.78 is 27.4. The van der Waals surface area contributed by atoms with Gasteiger partial charge in [0.1, 0.15) is 12.6 Å². The van der Waals surface area contributed by atoms with Crippen molar-refractivity contribution in [2.75, 3.05) is 17.1 Å². The van der Waals surface area contributed by atoms with Gasteiger partial charge in [0, 0.05) is 26.2 Å². The van der Waals surface area contributed by atoms with Crippen LogP contribution >= 0.6 is 45.8 Å². The van der Waals surface area contributed by atoms with E-state index in [4.69, 9.17) is 23.2 Å². The van der Waals surface area contributed by atoms with E-state index in [0.717, 1.165) is 46.2 Å². The molecule has 202 valence electrons. The molecule has 2 aromatic carbocycles. The molecule has 1 fully saturated rings. The summed E-state index contributed by atoms with van der Waals surface area (Å²) in [5.74, 6) is -0.742. The summed E-state index contributed by atoms with van der Waals surface area (Å²) in [5.41, 5.74) is 0.990. The van der Waals surface area contributed by atoms with E-state index in [1.54, 1.807) is 42.5 Å². The lowest BCUT2D eigenvalue weighted by Gasteiger charge is -2.34. The molecule has 37 heavy (non-hydrogen) atoms. The number of anilines is 1. The predicted molar refractivity (Wildman–Crippen MR) is 157 cm³/mol. The second-order valence-electron chi connectivity index (χ2n) is 9.27. The van der Waals surface area contributed by atoms with E-state index in [0.29, 0.717) is 27.7 Å². The van der Waals surface area contributed by atoms with Gasteiger partial charge in [0.15, 0.2) is 0 Å². The molecule has 2 amide bonds. The van der Waals surface area contributed by atoms with Crippen molar-refractivity contribution < 1.29 is 18.0 Å². The molecule has 2 aromatic rings. The topological polar surface area (TPSA) is 86.8 Å². The van der Waals surface area contributed by atoms with Gasteiger partial charge >= 0.3 is 0 Å². The van der Waals surface area contributed by atoms with Crippen LogP contribution < -0.4 is 9.62 Å². The molecule has 1 atom stereocenters. The molecule has 7 nitrogen and oxygen atoms in total. The molecule has 0 radical (unpaired) electrons. The Morgan fingerprint density at radius 3 is 2.30 bits per heavy atom. The Morgan fingerprint density at radius 2 is 1.73 bits per heavy atom. The molecule has 1 aliphatic rings. The Kier molecular flexibility index (Phi) is 10.9. The lowest BCUT2D eigenvalue weighted by atomic mass is 9.95. The van der Waals surface area contributed by atoms with Gasteiger partial charge in [-0.15, -0.1) is 0 Å². The molecule has 11 heteroatoms. The normalized spacial score (nSPS) is 15.2. The van der Waals surface area contributed by atoms with E-state index in [1.807, 2.05) is 6.92 Å². The number of amides is 2. The number of hydrogen-bond acceptors (Lipinski definition) is 4. The Hall–Kier alpha value is -1.56. The van der Waals surface area contributed by atoms with Crippen molar-refractivity contribution >= 4 is 73.3 Å². The van der Waals surface area contributed by atoms with Crippen molar-refractivity contribution in [2.24, 2.45) is 0 Å². The maximum atomic E-state index is 13.8. The van der Waals surface area contributed by atoms with Gasteiger partial charge < -0.3 is 10.2 Å². The van der Waals surface area contributed by atoms with Crippen molar-refractivity contribution in [3.63, 3.8) is 0 Å². The first-order valence-electron chi connectivity index (χ1n) is 12.3. The smallest absolute Gasteiger partial charge is 0.244 e. The third-order valence-electron chi connectivity index (χ3n) is 6.49. The van der Waals surface area contributed by atoms with Crippen LogP contribution in [0.4, 0.5) is 5.69 Å². The monoisotopic (exact) mass is 679 g/mol. The lowest BCUT2D eigenvalue weighted by molar-refractivity contribution is -0.140. The highest BCUT2D eigenvalue weighted by molar-refractivity contribution is 14.1. The molecular weight excluding hydrogens is 648 g/mol. The standard InChI is InChI=1S/C26H32Cl2IN3O4S/c1-3-24(26(34)30-21-7-5-4-6-8-21)31(16-18-9-10-19(27)15-23(18)28)25(33)17-32(37(2,35)36)22-13-11-20(29)12-14-22/h9-15,21,24H,3-8,16-17H2,1-2H3,(H,30,34). The molecule has 0 aliphatic heterocycles. The zero-order valence-corrected chi connectivity index (χ0v) is 25.4. The summed E-state index contributed by atoms with van der Waals surface area (Å²) >= 11 is 14.6. The van der Waals surface area contributed by atoms with Crippen molar-refractivity contribution in [3.05, 3.63) is 61.6 Å². The molecule has 1 aliphatic carbocycles. The maximum absolute atomic E-state index is 13.8. The van der Waals surface area contributed by atoms with Gasteiger partial charge in [-0.25, -0.2) is 8.42 Å². The van der Waals surface area contributed by atoms with E-state index < -0.39 is 28.5 Å². The van der Waals surface area contributed by atoms with E-state index in [-0.39, 0.29) is 18.5 Å². The Balaban J connectivity index is 1.93. The SMILES string of the molecule is CCC(C(=O)NC1CCCCC1)N(Cc1ccc(Cl)cc1Cl)C(=O)CN(c1ccc(I)cc1)S(C)(=O)=O. The summed E-state index contributed by atoms with van der Waals surface area (Å²) in [6.45, 7) is 1.43. The average Bonchev–Trinajstić information content (AvgIpc) is 2.84. The van der Waals surface area contributed by atoms with Crippen LogP contribution in [0.15, 0.2) is 42.5 Å². The Bertz CT molecular complexity index is 1200. The van der Waals surface area contributed by atoms with Gasteiger partial charge in [0.05, 0.1) is 11.9 Å². The van der Waals surface area contributed by atoms with Crippen LogP contribution in [-0.2, 0) is 26.2 Å². The van der Waals surface area contributed by atoms with E-state index in [9.17, 15) is 18.0 Å². The number of carbonyl (C=O) groups excluding carboxylic acids is 2. The minimum Gasteiger partial charge on any atom is -0.352 e. The molecule has 0 spiro atoms. The van der Waals surface area contributed by atoms with Gasteiger partial charge in [-0.05, 0) is 83.8 Å². The van der Waals surface area contributed by atoms with Crippen LogP contribution in [0.3, 0.4) is 0 Å². The van der Waals surface area contributed by atoms with Gasteiger partial charge in [0.2, 0.25) is 21.8 Å². The van der Waals surface area contributed by atoms with Gasteiger partial charge in [-0.3, -0.25) is 13.9 Å². The van der Waals surface area contributed by atoms with Gasteiger partial charge in [0.25, 0.3) is 0 Å². The average molecular weight is 680 g/mol. The first kappa shape index (κ1) is 30.0. The second-order valence-corrected chi connectivity index (χ2v) is 13.3. The molecule has 1 saturated carbocycles. The molecule has 0 heterocycles. The summed E-state index contributed by atoms with van der Waals surface area (Å²) in [4.78, 5) is 28.6. The number of halogens is 3. The van der Waals surface area contributed by atoms with Crippen molar-refractivity contribution in [1.29, 1.82) is 0 Å². The summed E-state index contributed by atoms with van der Waals surface area (Å²) in [6, 6.07) is 11.1. The van der Waals surface area contributed by atoms with Gasteiger partial charge in [-0.1, -0.05) is 55.5 Å². The first-order valence-corrected chi connectivity index (χ1v) is 15.9. The number of rotatable bonds is 10. The molecule has 1 unspecified atom stereocenters. The van der Waals surface area contributed by atoms with E-state index in [2.05, 4.69) is 27.9 Å². The first-order chi connectivity index (χ1) is 17.5.